The number of ether oxygens (including phenoxy) is 1. The van der Waals surface area contributed by atoms with Gasteiger partial charge in [0.25, 0.3) is 0 Å². The van der Waals surface area contributed by atoms with E-state index in [1.54, 1.807) is 19.4 Å². The lowest BCUT2D eigenvalue weighted by Crippen LogP contribution is -2.25. The summed E-state index contributed by atoms with van der Waals surface area (Å²) in [6.07, 6.45) is 5.88. The molecule has 0 saturated heterocycles. The van der Waals surface area contributed by atoms with Crippen molar-refractivity contribution >= 4 is 29.2 Å². The lowest BCUT2D eigenvalue weighted by Gasteiger charge is -2.11. The largest absolute Gasteiger partial charge is 0.495 e. The molecule has 3 rings (SSSR count). The average molecular weight is 392 g/mol. The molecule has 0 saturated carbocycles. The molecule has 0 aliphatic carbocycles. The number of nitrogens with two attached hydrogens (primary N) is 2. The third-order valence-corrected chi connectivity index (χ3v) is 4.61. The summed E-state index contributed by atoms with van der Waals surface area (Å²) in [4.78, 5) is 17.0. The molecular weight excluding hydrogens is 368 g/mol. The summed E-state index contributed by atoms with van der Waals surface area (Å²) in [5, 5.41) is 9.77. The molecule has 1 amide bonds. The quantitative estimate of drug-likeness (QED) is 0.341. The number of aryl methyl sites for hydroxylation is 1. The maximum absolute atomic E-state index is 12.5. The van der Waals surface area contributed by atoms with Gasteiger partial charge in [-0.2, -0.15) is 5.10 Å². The van der Waals surface area contributed by atoms with E-state index < -0.39 is 6.04 Å². The number of hydrogen-bond donors (Lipinski definition) is 4. The van der Waals surface area contributed by atoms with Gasteiger partial charge in [-0.1, -0.05) is 24.3 Å². The fraction of sp³-hybridized carbons (Fsp3) is 0.190. The number of benzene rings is 2. The Labute approximate surface area is 169 Å². The van der Waals surface area contributed by atoms with Crippen LogP contribution in [0.4, 0.5) is 11.4 Å². The summed E-state index contributed by atoms with van der Waals surface area (Å²) in [5.41, 5.74) is 9.20. The van der Waals surface area contributed by atoms with Crippen molar-refractivity contribution in [1.82, 2.24) is 0 Å². The fourth-order valence-electron chi connectivity index (χ4n) is 3.09. The zero-order valence-electron chi connectivity index (χ0n) is 16.1. The van der Waals surface area contributed by atoms with E-state index in [4.69, 9.17) is 16.3 Å². The van der Waals surface area contributed by atoms with Crippen LogP contribution in [0.3, 0.4) is 0 Å². The van der Waals surface area contributed by atoms with Gasteiger partial charge >= 0.3 is 0 Å². The number of para-hydroxylation sites is 1. The van der Waals surface area contributed by atoms with Gasteiger partial charge < -0.3 is 26.9 Å². The monoisotopic (exact) mass is 392 g/mol. The molecule has 1 aliphatic rings. The van der Waals surface area contributed by atoms with Gasteiger partial charge in [-0.15, -0.1) is 0 Å². The first-order chi connectivity index (χ1) is 14.2. The number of hydrazone groups is 1. The zero-order chi connectivity index (χ0) is 20.6. The fourth-order valence-corrected chi connectivity index (χ4v) is 3.09. The molecule has 150 valence electrons. The van der Waals surface area contributed by atoms with Gasteiger partial charge in [0.1, 0.15) is 17.5 Å². The third kappa shape index (κ3) is 4.73. The van der Waals surface area contributed by atoms with E-state index in [-0.39, 0.29) is 5.91 Å². The number of hydrogen-bond acceptors (Lipinski definition) is 7. The molecule has 6 N–H and O–H groups in total. The summed E-state index contributed by atoms with van der Waals surface area (Å²) < 4.78 is 5.40. The summed E-state index contributed by atoms with van der Waals surface area (Å²) in [6.45, 7) is 0. The van der Waals surface area contributed by atoms with E-state index >= 15 is 0 Å². The van der Waals surface area contributed by atoms with E-state index in [0.717, 1.165) is 23.4 Å². The summed E-state index contributed by atoms with van der Waals surface area (Å²) in [7, 11) is 1.57. The number of nitrogens with one attached hydrogen (secondary N) is 2. The lowest BCUT2D eigenvalue weighted by molar-refractivity contribution is -0.117. The van der Waals surface area contributed by atoms with E-state index in [1.807, 2.05) is 36.4 Å². The van der Waals surface area contributed by atoms with Crippen molar-refractivity contribution in [3.05, 3.63) is 66.0 Å². The van der Waals surface area contributed by atoms with E-state index in [9.17, 15) is 4.79 Å². The molecule has 2 aromatic rings. The highest BCUT2D eigenvalue weighted by Crippen LogP contribution is 2.26. The molecule has 29 heavy (non-hydrogen) atoms. The number of carbonyl (C=O) groups is 1. The van der Waals surface area contributed by atoms with Gasteiger partial charge in [-0.05, 0) is 36.6 Å². The number of anilines is 2. The molecule has 8 heteroatoms. The molecule has 0 fully saturated rings. The molecule has 1 unspecified atom stereocenters. The first-order valence-corrected chi connectivity index (χ1v) is 9.17. The Bertz CT molecular complexity index is 967. The molecule has 1 heterocycles. The number of fused-ring (bicyclic) bond motifs is 1. The third-order valence-electron chi connectivity index (χ3n) is 4.61. The van der Waals surface area contributed by atoms with Crippen LogP contribution in [0, 0.1) is 0 Å². The molecule has 1 aliphatic heterocycles. The molecule has 0 bridgehead atoms. The van der Waals surface area contributed by atoms with Crippen LogP contribution < -0.4 is 26.9 Å². The van der Waals surface area contributed by atoms with E-state index in [1.165, 1.54) is 12.4 Å². The standard InChI is InChI=1S/C21H24N6O2/c1-29-20-12-15(7-8-17(20)24-11-10-22)19(27-23)13-25-18-9-6-14-4-2-3-5-16(14)26-21(18)28/h2-5,7-8,10-13,18,24H,6,9,22-23H2,1H3,(H,26,28). The SMILES string of the molecule is COc1cc(C(C=NC2CCc3ccccc3NC2=O)=NN)ccc1NC=CN. The lowest BCUT2D eigenvalue weighted by atomic mass is 10.1. The Kier molecular flexibility index (Phi) is 6.47. The Morgan fingerprint density at radius 2 is 2.14 bits per heavy atom. The Morgan fingerprint density at radius 3 is 2.90 bits per heavy atom. The van der Waals surface area contributed by atoms with Crippen LogP contribution >= 0.6 is 0 Å². The molecule has 0 aromatic heterocycles. The normalized spacial score (nSPS) is 17.1. The molecular formula is C21H24N6O2. The highest BCUT2D eigenvalue weighted by Gasteiger charge is 2.22. The van der Waals surface area contributed by atoms with Crippen molar-refractivity contribution in [2.45, 2.75) is 18.9 Å². The highest BCUT2D eigenvalue weighted by molar-refractivity contribution is 6.38. The van der Waals surface area contributed by atoms with Crippen LogP contribution in [0.2, 0.25) is 0 Å². The minimum Gasteiger partial charge on any atom is -0.495 e. The average Bonchev–Trinajstić information content (AvgIpc) is 2.91. The topological polar surface area (TPSA) is 127 Å². The zero-order valence-corrected chi connectivity index (χ0v) is 16.1. The van der Waals surface area contributed by atoms with E-state index in [2.05, 4.69) is 20.7 Å². The molecule has 0 spiro atoms. The molecule has 2 aromatic carbocycles. The van der Waals surface area contributed by atoms with Gasteiger partial charge in [0, 0.05) is 23.7 Å². The second-order valence-electron chi connectivity index (χ2n) is 6.41. The summed E-state index contributed by atoms with van der Waals surface area (Å²) in [5.74, 6) is 6.03. The number of methoxy groups -OCH3 is 1. The second kappa shape index (κ2) is 9.41. The van der Waals surface area contributed by atoms with Gasteiger partial charge in [-0.3, -0.25) is 9.79 Å². The van der Waals surface area contributed by atoms with Crippen molar-refractivity contribution in [2.75, 3.05) is 17.7 Å². The number of aliphatic imine (C=N–C) groups is 1. The number of carbonyl (C=O) groups excluding carboxylic acids is 1. The number of rotatable bonds is 6. The van der Waals surface area contributed by atoms with Crippen LogP contribution in [0.1, 0.15) is 17.5 Å². The van der Waals surface area contributed by atoms with Crippen molar-refractivity contribution in [1.29, 1.82) is 0 Å². The van der Waals surface area contributed by atoms with E-state index in [0.29, 0.717) is 23.4 Å². The van der Waals surface area contributed by atoms with Crippen molar-refractivity contribution in [3.63, 3.8) is 0 Å². The van der Waals surface area contributed by atoms with Crippen molar-refractivity contribution in [2.24, 2.45) is 21.7 Å². The number of nitrogens with zero attached hydrogens (tertiary/aromatic N) is 2. The number of amides is 1. The Morgan fingerprint density at radius 1 is 1.31 bits per heavy atom. The van der Waals surface area contributed by atoms with Crippen LogP contribution in [0.25, 0.3) is 0 Å². The second-order valence-corrected chi connectivity index (χ2v) is 6.41. The molecule has 8 nitrogen and oxygen atoms in total. The van der Waals surface area contributed by atoms with Gasteiger partial charge in [0.05, 0.1) is 19.0 Å². The van der Waals surface area contributed by atoms with Crippen LogP contribution in [0.15, 0.2) is 65.0 Å². The van der Waals surface area contributed by atoms with Gasteiger partial charge in [0.2, 0.25) is 5.91 Å². The smallest absolute Gasteiger partial charge is 0.249 e. The first kappa shape index (κ1) is 19.9. The summed E-state index contributed by atoms with van der Waals surface area (Å²) in [6, 6.07) is 12.7. The highest BCUT2D eigenvalue weighted by atomic mass is 16.5. The van der Waals surface area contributed by atoms with Crippen molar-refractivity contribution < 1.29 is 9.53 Å². The minimum atomic E-state index is -0.517. The van der Waals surface area contributed by atoms with Crippen molar-refractivity contribution in [3.8, 4) is 5.75 Å². The molecule has 0 radical (unpaired) electrons. The van der Waals surface area contributed by atoms with Crippen LogP contribution in [-0.2, 0) is 11.2 Å². The van der Waals surface area contributed by atoms with Gasteiger partial charge in [0.15, 0.2) is 0 Å². The first-order valence-electron chi connectivity index (χ1n) is 9.17. The minimum absolute atomic E-state index is 0.145. The maximum Gasteiger partial charge on any atom is 0.249 e. The molecule has 1 atom stereocenters. The van der Waals surface area contributed by atoms with Gasteiger partial charge in [-0.25, -0.2) is 0 Å². The van der Waals surface area contributed by atoms with Crippen LogP contribution in [-0.4, -0.2) is 31.0 Å². The predicted molar refractivity (Wildman–Crippen MR) is 116 cm³/mol. The Hall–Kier alpha value is -3.81. The maximum atomic E-state index is 12.5. The summed E-state index contributed by atoms with van der Waals surface area (Å²) >= 11 is 0. The van der Waals surface area contributed by atoms with Crippen LogP contribution in [0.5, 0.6) is 5.75 Å². The predicted octanol–water partition coefficient (Wildman–Crippen LogP) is 2.22. The Balaban J connectivity index is 1.78.